The fraction of sp³-hybridized carbons (Fsp3) is 0.118. The minimum absolute atomic E-state index is 0.0436. The highest BCUT2D eigenvalue weighted by molar-refractivity contribution is 7.89. The van der Waals surface area contributed by atoms with Gasteiger partial charge in [-0.05, 0) is 55.0 Å². The first kappa shape index (κ1) is 17.5. The average molecular weight is 378 g/mol. The van der Waals surface area contributed by atoms with E-state index in [2.05, 4.69) is 9.71 Å². The number of thiazole rings is 1. The van der Waals surface area contributed by atoms with Crippen LogP contribution in [0.1, 0.15) is 10.6 Å². The molecule has 0 radical (unpaired) electrons. The molecule has 0 fully saturated rings. The summed E-state index contributed by atoms with van der Waals surface area (Å²) in [6.07, 6.45) is 0. The van der Waals surface area contributed by atoms with Crippen molar-refractivity contribution in [3.05, 3.63) is 64.2 Å². The summed E-state index contributed by atoms with van der Waals surface area (Å²) in [6, 6.07) is 10.1. The summed E-state index contributed by atoms with van der Waals surface area (Å²) in [5.74, 6) is -0.309. The highest BCUT2D eigenvalue weighted by atomic mass is 32.2. The molecule has 3 aromatic rings. The molecule has 2 aromatic carbocycles. The summed E-state index contributed by atoms with van der Waals surface area (Å²) in [7, 11) is -3.75. The number of sulfonamides is 1. The Balaban J connectivity index is 1.74. The van der Waals surface area contributed by atoms with Crippen molar-refractivity contribution in [2.75, 3.05) is 0 Å². The number of hydrogen-bond donors (Lipinski definition) is 2. The number of phenols is 1. The summed E-state index contributed by atoms with van der Waals surface area (Å²) < 4.78 is 40.4. The van der Waals surface area contributed by atoms with Gasteiger partial charge >= 0.3 is 0 Å². The standard InChI is InChI=1S/C17H15FN2O3S2/c1-11-8-13(18)4-7-16(11)25(22,23)19-9-17-20-15(10-24-17)12-2-5-14(21)6-3-12/h2-8,10,19,21H,9H2,1H3. The van der Waals surface area contributed by atoms with Crippen molar-refractivity contribution in [2.24, 2.45) is 0 Å². The van der Waals surface area contributed by atoms with Gasteiger partial charge in [0.1, 0.15) is 16.6 Å². The van der Waals surface area contributed by atoms with Crippen LogP contribution >= 0.6 is 11.3 Å². The van der Waals surface area contributed by atoms with E-state index in [9.17, 15) is 17.9 Å². The van der Waals surface area contributed by atoms with E-state index in [1.165, 1.54) is 23.5 Å². The lowest BCUT2D eigenvalue weighted by Gasteiger charge is -2.08. The van der Waals surface area contributed by atoms with Crippen molar-refractivity contribution in [3.63, 3.8) is 0 Å². The van der Waals surface area contributed by atoms with E-state index >= 15 is 0 Å². The van der Waals surface area contributed by atoms with Gasteiger partial charge in [0, 0.05) is 10.9 Å². The first-order valence-electron chi connectivity index (χ1n) is 7.35. The number of benzene rings is 2. The smallest absolute Gasteiger partial charge is 0.241 e. The maximum atomic E-state index is 13.1. The second-order valence-corrected chi connectivity index (χ2v) is 8.09. The highest BCUT2D eigenvalue weighted by Crippen LogP contribution is 2.24. The van der Waals surface area contributed by atoms with Crippen LogP contribution in [0.4, 0.5) is 4.39 Å². The molecule has 0 saturated heterocycles. The topological polar surface area (TPSA) is 79.3 Å². The Morgan fingerprint density at radius 1 is 1.20 bits per heavy atom. The number of phenolic OH excluding ortho intramolecular Hbond substituents is 1. The maximum Gasteiger partial charge on any atom is 0.241 e. The predicted molar refractivity (Wildman–Crippen MR) is 94.4 cm³/mol. The molecule has 0 amide bonds. The fourth-order valence-corrected chi connectivity index (χ4v) is 4.35. The predicted octanol–water partition coefficient (Wildman–Crippen LogP) is 3.44. The number of aromatic hydroxyl groups is 1. The molecule has 0 aliphatic rings. The van der Waals surface area contributed by atoms with Crippen LogP contribution in [0.5, 0.6) is 5.75 Å². The van der Waals surface area contributed by atoms with Crippen molar-refractivity contribution < 1.29 is 17.9 Å². The molecule has 25 heavy (non-hydrogen) atoms. The number of hydrogen-bond acceptors (Lipinski definition) is 5. The van der Waals surface area contributed by atoms with Crippen LogP contribution in [0.25, 0.3) is 11.3 Å². The van der Waals surface area contributed by atoms with Crippen molar-refractivity contribution in [1.29, 1.82) is 0 Å². The van der Waals surface area contributed by atoms with Gasteiger partial charge in [-0.2, -0.15) is 0 Å². The van der Waals surface area contributed by atoms with E-state index < -0.39 is 15.8 Å². The number of halogens is 1. The van der Waals surface area contributed by atoms with Crippen LogP contribution < -0.4 is 4.72 Å². The zero-order chi connectivity index (χ0) is 18.0. The first-order valence-corrected chi connectivity index (χ1v) is 9.71. The SMILES string of the molecule is Cc1cc(F)ccc1S(=O)(=O)NCc1nc(-c2ccc(O)cc2)cs1. The second kappa shape index (κ2) is 6.91. The molecule has 2 N–H and O–H groups in total. The average Bonchev–Trinajstić information content (AvgIpc) is 3.02. The van der Waals surface area contributed by atoms with E-state index in [0.717, 1.165) is 11.6 Å². The summed E-state index contributed by atoms with van der Waals surface area (Å²) in [4.78, 5) is 4.44. The Kier molecular flexibility index (Phi) is 4.85. The fourth-order valence-electron chi connectivity index (χ4n) is 2.31. The maximum absolute atomic E-state index is 13.1. The number of nitrogens with zero attached hydrogens (tertiary/aromatic N) is 1. The molecule has 130 valence electrons. The number of nitrogens with one attached hydrogen (secondary N) is 1. The molecule has 1 aromatic heterocycles. The Bertz CT molecular complexity index is 999. The van der Waals surface area contributed by atoms with Gasteiger partial charge in [0.15, 0.2) is 0 Å². The number of rotatable bonds is 5. The van der Waals surface area contributed by atoms with Gasteiger partial charge in [0.2, 0.25) is 10.0 Å². The third kappa shape index (κ3) is 4.04. The van der Waals surface area contributed by atoms with Gasteiger partial charge in [-0.3, -0.25) is 0 Å². The third-order valence-corrected chi connectivity index (χ3v) is 5.97. The second-order valence-electron chi connectivity index (χ2n) is 5.41. The van der Waals surface area contributed by atoms with E-state index in [1.807, 2.05) is 5.38 Å². The van der Waals surface area contributed by atoms with E-state index in [4.69, 9.17) is 0 Å². The van der Waals surface area contributed by atoms with Gasteiger partial charge in [0.25, 0.3) is 0 Å². The molecule has 0 aliphatic heterocycles. The molecule has 0 spiro atoms. The molecular weight excluding hydrogens is 363 g/mol. The van der Waals surface area contributed by atoms with Crippen LogP contribution in [-0.2, 0) is 16.6 Å². The quantitative estimate of drug-likeness (QED) is 0.713. The molecule has 0 bridgehead atoms. The minimum Gasteiger partial charge on any atom is -0.508 e. The van der Waals surface area contributed by atoms with Crippen molar-refractivity contribution in [2.45, 2.75) is 18.4 Å². The van der Waals surface area contributed by atoms with Gasteiger partial charge in [-0.25, -0.2) is 22.5 Å². The molecule has 5 nitrogen and oxygen atoms in total. The normalized spacial score (nSPS) is 11.6. The van der Waals surface area contributed by atoms with E-state index in [-0.39, 0.29) is 17.2 Å². The highest BCUT2D eigenvalue weighted by Gasteiger charge is 2.17. The first-order chi connectivity index (χ1) is 11.8. The Hall–Kier alpha value is -2.29. The van der Waals surface area contributed by atoms with E-state index in [0.29, 0.717) is 16.3 Å². The lowest BCUT2D eigenvalue weighted by molar-refractivity contribution is 0.475. The lowest BCUT2D eigenvalue weighted by Crippen LogP contribution is -2.24. The Morgan fingerprint density at radius 2 is 1.92 bits per heavy atom. The van der Waals surface area contributed by atoms with Crippen LogP contribution in [0.15, 0.2) is 52.7 Å². The molecule has 0 saturated carbocycles. The summed E-state index contributed by atoms with van der Waals surface area (Å²) >= 11 is 1.33. The zero-order valence-corrected chi connectivity index (χ0v) is 14.9. The van der Waals surface area contributed by atoms with Crippen LogP contribution in [-0.4, -0.2) is 18.5 Å². The monoisotopic (exact) mass is 378 g/mol. The Morgan fingerprint density at radius 3 is 2.60 bits per heavy atom. The molecule has 0 atom stereocenters. The van der Waals surface area contributed by atoms with Gasteiger partial charge in [-0.15, -0.1) is 11.3 Å². The zero-order valence-electron chi connectivity index (χ0n) is 13.2. The van der Waals surface area contributed by atoms with Crippen molar-refractivity contribution >= 4 is 21.4 Å². The lowest BCUT2D eigenvalue weighted by atomic mass is 10.2. The van der Waals surface area contributed by atoms with Gasteiger partial charge in [0.05, 0.1) is 17.1 Å². The number of aryl methyl sites for hydroxylation is 1. The molecular formula is C17H15FN2O3S2. The molecule has 3 rings (SSSR count). The molecule has 0 aliphatic carbocycles. The Labute approximate surface area is 148 Å². The van der Waals surface area contributed by atoms with Gasteiger partial charge in [-0.1, -0.05) is 0 Å². The van der Waals surface area contributed by atoms with Crippen LogP contribution in [0.3, 0.4) is 0 Å². The summed E-state index contributed by atoms with van der Waals surface area (Å²) in [5, 5.41) is 11.7. The molecule has 8 heteroatoms. The van der Waals surface area contributed by atoms with Crippen molar-refractivity contribution in [1.82, 2.24) is 9.71 Å². The van der Waals surface area contributed by atoms with Crippen molar-refractivity contribution in [3.8, 4) is 17.0 Å². The summed E-state index contributed by atoms with van der Waals surface area (Å²) in [5.41, 5.74) is 1.88. The summed E-state index contributed by atoms with van der Waals surface area (Å²) in [6.45, 7) is 1.59. The molecule has 1 heterocycles. The third-order valence-electron chi connectivity index (χ3n) is 3.55. The van der Waals surface area contributed by atoms with E-state index in [1.54, 1.807) is 31.2 Å². The van der Waals surface area contributed by atoms with Crippen LogP contribution in [0, 0.1) is 12.7 Å². The minimum atomic E-state index is -3.75. The van der Waals surface area contributed by atoms with Crippen LogP contribution in [0.2, 0.25) is 0 Å². The number of aromatic nitrogens is 1. The molecule has 0 unspecified atom stereocenters. The van der Waals surface area contributed by atoms with Gasteiger partial charge < -0.3 is 5.11 Å². The largest absolute Gasteiger partial charge is 0.508 e.